The molecule has 14 heavy (non-hydrogen) atoms. The van der Waals surface area contributed by atoms with Crippen LogP contribution in [0.1, 0.15) is 25.7 Å². The van der Waals surface area contributed by atoms with Gasteiger partial charge in [-0.2, -0.15) is 0 Å². The second kappa shape index (κ2) is 3.44. The third-order valence-corrected chi connectivity index (χ3v) is 3.10. The van der Waals surface area contributed by atoms with Crippen molar-refractivity contribution in [2.45, 2.75) is 31.7 Å². The van der Waals surface area contributed by atoms with E-state index in [2.05, 4.69) is 0 Å². The van der Waals surface area contributed by atoms with Crippen molar-refractivity contribution in [2.75, 3.05) is 6.54 Å². The van der Waals surface area contributed by atoms with E-state index < -0.39 is 0 Å². The third-order valence-electron chi connectivity index (χ3n) is 3.10. The van der Waals surface area contributed by atoms with E-state index in [1.54, 1.807) is 0 Å². The molecule has 2 rings (SSSR count). The van der Waals surface area contributed by atoms with Crippen LogP contribution in [0.15, 0.2) is 11.8 Å². The normalized spacial score (nSPS) is 26.9. The van der Waals surface area contributed by atoms with Crippen LogP contribution in [0.5, 0.6) is 0 Å². The highest BCUT2D eigenvalue weighted by Crippen LogP contribution is 2.28. The second-order valence-corrected chi connectivity index (χ2v) is 3.89. The van der Waals surface area contributed by atoms with Crippen molar-refractivity contribution in [3.05, 3.63) is 11.8 Å². The molecule has 2 fully saturated rings. The van der Waals surface area contributed by atoms with Crippen molar-refractivity contribution in [2.24, 2.45) is 5.73 Å². The number of nitrogens with one attached hydrogen (secondary N) is 1. The second-order valence-electron chi connectivity index (χ2n) is 3.89. The van der Waals surface area contributed by atoms with Gasteiger partial charge in [0.1, 0.15) is 0 Å². The van der Waals surface area contributed by atoms with Crippen LogP contribution in [0.4, 0.5) is 0 Å². The summed E-state index contributed by atoms with van der Waals surface area (Å²) in [6, 6.07) is 0.408. The van der Waals surface area contributed by atoms with Gasteiger partial charge in [-0.05, 0) is 19.3 Å². The van der Waals surface area contributed by atoms with Crippen molar-refractivity contribution in [1.82, 2.24) is 4.90 Å². The fraction of sp³-hybridized carbons (Fsp3) is 0.600. The number of amides is 1. The molecule has 0 radical (unpaired) electrons. The number of hydrogen-bond donors (Lipinski definition) is 2. The Labute approximate surface area is 83.3 Å². The molecule has 1 saturated heterocycles. The average Bonchev–Trinajstić information content (AvgIpc) is 2.08. The predicted molar refractivity (Wildman–Crippen MR) is 54.0 cm³/mol. The fourth-order valence-corrected chi connectivity index (χ4v) is 1.97. The van der Waals surface area contributed by atoms with Gasteiger partial charge < -0.3 is 16.0 Å². The minimum Gasteiger partial charge on any atom is -0.404 e. The van der Waals surface area contributed by atoms with E-state index in [-0.39, 0.29) is 5.91 Å². The number of carbonyl (C=O) groups excluding carboxylic acids is 1. The molecular formula is C10H15N3O. The Balaban J connectivity index is 2.14. The van der Waals surface area contributed by atoms with Gasteiger partial charge in [0.15, 0.2) is 0 Å². The Hall–Kier alpha value is -1.32. The van der Waals surface area contributed by atoms with Crippen LogP contribution in [-0.4, -0.2) is 29.1 Å². The fourth-order valence-electron chi connectivity index (χ4n) is 1.97. The van der Waals surface area contributed by atoms with Crippen LogP contribution in [0.2, 0.25) is 0 Å². The van der Waals surface area contributed by atoms with E-state index in [4.69, 9.17) is 11.1 Å². The summed E-state index contributed by atoms with van der Waals surface area (Å²) in [6.45, 7) is 0.694. The minimum atomic E-state index is -0.0477. The van der Waals surface area contributed by atoms with Crippen LogP contribution in [0.25, 0.3) is 0 Å². The Morgan fingerprint density at radius 1 is 1.50 bits per heavy atom. The van der Waals surface area contributed by atoms with E-state index in [9.17, 15) is 4.79 Å². The summed E-state index contributed by atoms with van der Waals surface area (Å²) in [5.41, 5.74) is 6.13. The molecule has 4 heteroatoms. The number of nitrogens with zero attached hydrogens (tertiary/aromatic N) is 1. The Morgan fingerprint density at radius 3 is 2.71 bits per heavy atom. The zero-order valence-electron chi connectivity index (χ0n) is 8.12. The lowest BCUT2D eigenvalue weighted by Gasteiger charge is -2.40. The van der Waals surface area contributed by atoms with E-state index in [1.807, 2.05) is 4.90 Å². The van der Waals surface area contributed by atoms with E-state index in [0.29, 0.717) is 30.3 Å². The largest absolute Gasteiger partial charge is 0.404 e. The summed E-state index contributed by atoms with van der Waals surface area (Å²) in [5.74, 6) is -0.0477. The highest BCUT2D eigenvalue weighted by Gasteiger charge is 2.34. The Morgan fingerprint density at radius 2 is 2.21 bits per heavy atom. The van der Waals surface area contributed by atoms with Gasteiger partial charge in [0.05, 0.1) is 5.57 Å². The number of piperidine rings is 1. The average molecular weight is 193 g/mol. The van der Waals surface area contributed by atoms with Crippen LogP contribution in [0.3, 0.4) is 0 Å². The smallest absolute Gasteiger partial charge is 0.257 e. The standard InChI is InChI=1S/C10H15N3O/c11-6-8-9(12)4-5-13(10(8)14)7-2-1-3-7/h6-7,12H,1-5,11H2/b8-6+,12-9?. The van der Waals surface area contributed by atoms with Crippen molar-refractivity contribution in [3.63, 3.8) is 0 Å². The molecule has 2 aliphatic rings. The lowest BCUT2D eigenvalue weighted by molar-refractivity contribution is -0.131. The molecule has 4 nitrogen and oxygen atoms in total. The van der Waals surface area contributed by atoms with Crippen molar-refractivity contribution >= 4 is 11.6 Å². The monoisotopic (exact) mass is 193 g/mol. The van der Waals surface area contributed by atoms with Gasteiger partial charge in [-0.15, -0.1) is 0 Å². The van der Waals surface area contributed by atoms with Gasteiger partial charge in [0.2, 0.25) is 0 Å². The van der Waals surface area contributed by atoms with Gasteiger partial charge in [-0.1, -0.05) is 0 Å². The molecule has 0 atom stereocenters. The molecule has 3 N–H and O–H groups in total. The molecule has 0 aromatic carbocycles. The highest BCUT2D eigenvalue weighted by atomic mass is 16.2. The predicted octanol–water partition coefficient (Wildman–Crippen LogP) is 0.634. The van der Waals surface area contributed by atoms with E-state index >= 15 is 0 Å². The minimum absolute atomic E-state index is 0.0477. The van der Waals surface area contributed by atoms with E-state index in [0.717, 1.165) is 12.8 Å². The zero-order valence-corrected chi connectivity index (χ0v) is 8.12. The molecule has 1 aliphatic carbocycles. The molecule has 0 unspecified atom stereocenters. The lowest BCUT2D eigenvalue weighted by atomic mass is 9.88. The molecular weight excluding hydrogens is 178 g/mol. The number of nitrogens with two attached hydrogens (primary N) is 1. The van der Waals surface area contributed by atoms with Gasteiger partial charge in [-0.25, -0.2) is 0 Å². The number of rotatable bonds is 1. The summed E-state index contributed by atoms with van der Waals surface area (Å²) in [4.78, 5) is 13.7. The SMILES string of the molecule is N=C1CCN(C2CCC2)C(=O)/C1=C/N. The third kappa shape index (κ3) is 1.31. The van der Waals surface area contributed by atoms with E-state index in [1.165, 1.54) is 12.6 Å². The summed E-state index contributed by atoms with van der Waals surface area (Å²) in [7, 11) is 0. The van der Waals surface area contributed by atoms with Crippen LogP contribution < -0.4 is 5.73 Å². The Kier molecular flexibility index (Phi) is 2.27. The molecule has 1 amide bonds. The van der Waals surface area contributed by atoms with Crippen molar-refractivity contribution < 1.29 is 4.79 Å². The number of carbonyl (C=O) groups is 1. The molecule has 1 saturated carbocycles. The summed E-state index contributed by atoms with van der Waals surface area (Å²) in [6.07, 6.45) is 5.35. The summed E-state index contributed by atoms with van der Waals surface area (Å²) in [5, 5.41) is 7.59. The molecule has 0 aromatic heterocycles. The van der Waals surface area contributed by atoms with Gasteiger partial charge in [-0.3, -0.25) is 4.79 Å². The lowest BCUT2D eigenvalue weighted by Crippen LogP contribution is -2.49. The maximum atomic E-state index is 11.8. The van der Waals surface area contributed by atoms with Gasteiger partial charge >= 0.3 is 0 Å². The molecule has 0 bridgehead atoms. The van der Waals surface area contributed by atoms with Crippen LogP contribution in [0, 0.1) is 5.41 Å². The van der Waals surface area contributed by atoms with Crippen LogP contribution in [-0.2, 0) is 4.79 Å². The topological polar surface area (TPSA) is 70.2 Å². The molecule has 1 heterocycles. The highest BCUT2D eigenvalue weighted by molar-refractivity contribution is 6.21. The summed E-state index contributed by atoms with van der Waals surface area (Å²) < 4.78 is 0. The van der Waals surface area contributed by atoms with Gasteiger partial charge in [0, 0.05) is 30.9 Å². The number of hydrogen-bond acceptors (Lipinski definition) is 3. The first-order valence-electron chi connectivity index (χ1n) is 5.04. The van der Waals surface area contributed by atoms with Crippen molar-refractivity contribution in [3.8, 4) is 0 Å². The molecule has 1 aliphatic heterocycles. The molecule has 76 valence electrons. The molecule has 0 spiro atoms. The molecule has 0 aromatic rings. The first-order valence-corrected chi connectivity index (χ1v) is 5.04. The number of likely N-dealkylation sites (tertiary alicyclic amines) is 1. The summed E-state index contributed by atoms with van der Waals surface area (Å²) >= 11 is 0. The van der Waals surface area contributed by atoms with Crippen molar-refractivity contribution in [1.29, 1.82) is 5.41 Å². The first-order chi connectivity index (χ1) is 6.74. The van der Waals surface area contributed by atoms with Crippen LogP contribution >= 0.6 is 0 Å². The van der Waals surface area contributed by atoms with Gasteiger partial charge in [0.25, 0.3) is 5.91 Å². The maximum absolute atomic E-state index is 11.8. The Bertz CT molecular complexity index is 304. The first kappa shape index (κ1) is 9.24. The maximum Gasteiger partial charge on any atom is 0.257 e. The quantitative estimate of drug-likeness (QED) is 0.600. The zero-order chi connectivity index (χ0) is 10.1.